The molecule has 3 heterocycles. The molecule has 26 nitrogen and oxygen atoms in total. The van der Waals surface area contributed by atoms with Crippen LogP contribution >= 0.6 is 35.2 Å². The number of hydrogen-bond donors (Lipinski definition) is 5. The van der Waals surface area contributed by atoms with Crippen LogP contribution in [0.2, 0.25) is 0 Å². The molecule has 1 aliphatic rings. The van der Waals surface area contributed by atoms with Crippen LogP contribution in [0.4, 0.5) is 5.82 Å². The topological polar surface area (TPSA) is 415 Å². The smallest absolute Gasteiger partial charge is 0.274 e. The Labute approximate surface area is 327 Å². The molecule has 7 atom stereocenters. The fourth-order valence-electron chi connectivity index (χ4n) is 4.80. The molecule has 6 N–H and O–H groups in total. The van der Waals surface area contributed by atoms with Crippen LogP contribution in [0, 0.1) is 5.41 Å². The van der Waals surface area contributed by atoms with Gasteiger partial charge in [0.05, 0.1) is 33.3 Å². The second-order valence-corrected chi connectivity index (χ2v) is 17.9. The molecule has 0 spiro atoms. The van der Waals surface area contributed by atoms with Gasteiger partial charge in [0.25, 0.3) is 15.6 Å². The SMILES string of the molecule is C/C(=C\C(=O)[O-])CC(=O)SCCNC(=O)CCNC(=O)[C@H](O)C(C)(C)COP(=O)([O-])OP(=O)([O-])OC[C@H]1O[C@@H](n2cnc3c(N)ncnc32)[C@H](O)[C@@H]1OP(=O)([O-])[O-]. The minimum Gasteiger partial charge on any atom is -0.790 e. The summed E-state index contributed by atoms with van der Waals surface area (Å²) < 4.78 is 60.4. The van der Waals surface area contributed by atoms with Gasteiger partial charge in [-0.15, -0.1) is 0 Å². The first-order valence-electron chi connectivity index (χ1n) is 16.2. The number of rotatable bonds is 22. The predicted octanol–water partition coefficient (Wildman–Crippen LogP) is -4.78. The van der Waals surface area contributed by atoms with Crippen LogP contribution in [0.15, 0.2) is 24.3 Å². The van der Waals surface area contributed by atoms with Gasteiger partial charge in [0.1, 0.15) is 36.3 Å². The molecule has 0 saturated carbocycles. The molecule has 0 aliphatic carbocycles. The van der Waals surface area contributed by atoms with E-state index in [4.69, 9.17) is 10.5 Å². The number of allylic oxidation sites excluding steroid dienone is 1. The molecule has 0 radical (unpaired) electrons. The van der Waals surface area contributed by atoms with E-state index in [1.807, 2.05) is 0 Å². The number of hydrogen-bond acceptors (Lipinski definition) is 24. The minimum absolute atomic E-state index is 0.0314. The number of carboxylic acids is 1. The summed E-state index contributed by atoms with van der Waals surface area (Å²) in [4.78, 5) is 106. The second kappa shape index (κ2) is 20.2. The maximum absolute atomic E-state index is 12.5. The van der Waals surface area contributed by atoms with Crippen molar-refractivity contribution in [1.82, 2.24) is 30.2 Å². The number of nitrogens with zero attached hydrogens (tertiary/aromatic N) is 4. The highest BCUT2D eigenvalue weighted by Crippen LogP contribution is 2.56. The Morgan fingerprint density at radius 2 is 1.75 bits per heavy atom. The van der Waals surface area contributed by atoms with Crippen LogP contribution in [0.5, 0.6) is 0 Å². The van der Waals surface area contributed by atoms with Crippen LogP contribution in [0.1, 0.15) is 39.8 Å². The molecular formula is C27H37N7O19P3S-5. The number of carboxylic acid groups (broad SMARTS) is 1. The summed E-state index contributed by atoms with van der Waals surface area (Å²) >= 11 is 0.860. The number of phosphoric acid groups is 3. The lowest BCUT2D eigenvalue weighted by Gasteiger charge is -2.36. The zero-order valence-electron chi connectivity index (χ0n) is 30.0. The second-order valence-electron chi connectivity index (χ2n) is 12.7. The van der Waals surface area contributed by atoms with Gasteiger partial charge in [-0.25, -0.2) is 19.3 Å². The average Bonchev–Trinajstić information content (AvgIpc) is 3.64. The number of aliphatic hydroxyl groups is 2. The number of anilines is 1. The molecule has 3 rings (SSSR count). The lowest BCUT2D eigenvalue weighted by molar-refractivity contribution is -0.347. The number of amides is 2. The molecule has 1 saturated heterocycles. The highest BCUT2D eigenvalue weighted by molar-refractivity contribution is 8.13. The maximum atomic E-state index is 12.5. The lowest BCUT2D eigenvalue weighted by Crippen LogP contribution is -2.46. The number of aliphatic hydroxyl groups excluding tert-OH is 2. The van der Waals surface area contributed by atoms with E-state index in [1.165, 1.54) is 20.8 Å². The van der Waals surface area contributed by atoms with Crippen LogP contribution in [0.3, 0.4) is 0 Å². The highest BCUT2D eigenvalue weighted by atomic mass is 32.2. The van der Waals surface area contributed by atoms with Crippen LogP contribution in [-0.4, -0.2) is 109 Å². The molecule has 2 amide bonds. The Bertz CT molecular complexity index is 1960. The average molecular weight is 889 g/mol. The largest absolute Gasteiger partial charge is 0.790 e. The number of aromatic nitrogens is 4. The van der Waals surface area contributed by atoms with Crippen molar-refractivity contribution in [3.8, 4) is 0 Å². The molecule has 0 bridgehead atoms. The van der Waals surface area contributed by atoms with E-state index in [0.717, 1.165) is 35.1 Å². The number of nitrogens with one attached hydrogen (secondary N) is 2. The number of carbonyl (C=O) groups is 4. The Balaban J connectivity index is 1.48. The Kier molecular flexibility index (Phi) is 17.0. The number of aliphatic carboxylic acids is 1. The third kappa shape index (κ3) is 15.1. The van der Waals surface area contributed by atoms with E-state index in [1.54, 1.807) is 0 Å². The third-order valence-corrected chi connectivity index (χ3v) is 11.4. The van der Waals surface area contributed by atoms with Gasteiger partial charge in [0.15, 0.2) is 22.8 Å². The first-order valence-corrected chi connectivity index (χ1v) is 21.5. The van der Waals surface area contributed by atoms with Gasteiger partial charge in [0.2, 0.25) is 11.8 Å². The van der Waals surface area contributed by atoms with Gasteiger partial charge >= 0.3 is 0 Å². The van der Waals surface area contributed by atoms with E-state index >= 15 is 0 Å². The van der Waals surface area contributed by atoms with Gasteiger partial charge in [-0.2, -0.15) is 0 Å². The summed E-state index contributed by atoms with van der Waals surface area (Å²) in [6.45, 7) is 1.24. The number of ether oxygens (including phenoxy) is 1. The van der Waals surface area contributed by atoms with Crippen LogP contribution in [0.25, 0.3) is 11.2 Å². The van der Waals surface area contributed by atoms with Crippen LogP contribution in [-0.2, 0) is 55.5 Å². The van der Waals surface area contributed by atoms with Crippen molar-refractivity contribution in [2.24, 2.45) is 5.41 Å². The number of nitrogen functional groups attached to an aromatic ring is 1. The maximum Gasteiger partial charge on any atom is 0.274 e. The zero-order chi connectivity index (χ0) is 42.9. The number of fused-ring (bicyclic) bond motifs is 1. The Morgan fingerprint density at radius 1 is 1.09 bits per heavy atom. The van der Waals surface area contributed by atoms with Gasteiger partial charge < -0.3 is 78.9 Å². The number of imidazole rings is 1. The Morgan fingerprint density at radius 3 is 2.40 bits per heavy atom. The summed E-state index contributed by atoms with van der Waals surface area (Å²) in [6.07, 6.45) is -7.11. The summed E-state index contributed by atoms with van der Waals surface area (Å²) in [5.74, 6) is -2.95. The van der Waals surface area contributed by atoms with Crippen molar-refractivity contribution >= 4 is 75.1 Å². The predicted molar refractivity (Wildman–Crippen MR) is 182 cm³/mol. The van der Waals surface area contributed by atoms with Crippen molar-refractivity contribution in [3.05, 3.63) is 24.3 Å². The molecule has 2 aromatic heterocycles. The van der Waals surface area contributed by atoms with Crippen molar-refractivity contribution in [3.63, 3.8) is 0 Å². The molecule has 57 heavy (non-hydrogen) atoms. The summed E-state index contributed by atoms with van der Waals surface area (Å²) in [6, 6.07) is 0. The molecular weight excluding hydrogens is 851 g/mol. The highest BCUT2D eigenvalue weighted by Gasteiger charge is 2.47. The van der Waals surface area contributed by atoms with E-state index in [9.17, 15) is 67.8 Å². The molecule has 1 aliphatic heterocycles. The minimum atomic E-state index is -5.94. The molecule has 30 heteroatoms. The van der Waals surface area contributed by atoms with E-state index in [0.29, 0.717) is 5.57 Å². The van der Waals surface area contributed by atoms with Crippen molar-refractivity contribution in [1.29, 1.82) is 0 Å². The first-order chi connectivity index (χ1) is 26.3. The van der Waals surface area contributed by atoms with Gasteiger partial charge in [-0.05, 0) is 13.0 Å². The standard InChI is InChI=1S/C27H42N7O19P3S/c1-14(8-17(36)37)9-18(38)57-7-6-29-16(35)4-5-30-25(41)22(40)27(2,3)11-50-56(47,48)53-55(45,46)49-10-15-21(52-54(42,43)44)20(39)26(51-15)34-13-33-19-23(28)31-12-32-24(19)34/h8,12-13,15,20-22,26,39-40H,4-7,9-11H2,1-3H3,(H,29,35)(H,30,41)(H,36,37)(H,45,46)(H,47,48)(H2,28,31,32)(H2,42,43,44)/p-5/b14-8+/t15-,20-,21-,22+,26-/m1/s1. The monoisotopic (exact) mass is 888 g/mol. The van der Waals surface area contributed by atoms with Gasteiger partial charge in [0, 0.05) is 37.1 Å². The molecule has 320 valence electrons. The first kappa shape index (κ1) is 48.1. The zero-order valence-corrected chi connectivity index (χ0v) is 33.5. The van der Waals surface area contributed by atoms with Gasteiger partial charge in [-0.3, -0.25) is 28.1 Å². The number of carbonyl (C=O) groups excluding carboxylic acids is 4. The third-order valence-electron chi connectivity index (χ3n) is 7.53. The summed E-state index contributed by atoms with van der Waals surface area (Å²) in [5, 5.41) is 36.2. The van der Waals surface area contributed by atoms with E-state index in [2.05, 4.69) is 43.5 Å². The summed E-state index contributed by atoms with van der Waals surface area (Å²) in [5.41, 5.74) is 4.29. The number of phosphoric ester groups is 3. The van der Waals surface area contributed by atoms with Crippen LogP contribution < -0.4 is 41.0 Å². The molecule has 0 aromatic carbocycles. The number of thioether (sulfide) groups is 1. The molecule has 2 unspecified atom stereocenters. The summed E-state index contributed by atoms with van der Waals surface area (Å²) in [7, 11) is -17.7. The van der Waals surface area contributed by atoms with E-state index < -0.39 is 90.5 Å². The fourth-order valence-corrected chi connectivity index (χ4v) is 8.30. The van der Waals surface area contributed by atoms with Gasteiger partial charge in [-0.1, -0.05) is 31.2 Å². The quantitative estimate of drug-likeness (QED) is 0.0421. The van der Waals surface area contributed by atoms with Crippen molar-refractivity contribution in [2.75, 3.05) is 37.8 Å². The Hall–Kier alpha value is -3.23. The van der Waals surface area contributed by atoms with E-state index in [-0.39, 0.29) is 53.8 Å². The normalized spacial score (nSPS) is 21.7. The molecule has 1 fully saturated rings. The van der Waals surface area contributed by atoms with Crippen molar-refractivity contribution < 1.29 is 90.4 Å². The molecule has 2 aromatic rings. The fraction of sp³-hybridized carbons (Fsp3) is 0.593. The lowest BCUT2D eigenvalue weighted by atomic mass is 9.87. The number of nitrogens with two attached hydrogens (primary N) is 1. The van der Waals surface area contributed by atoms with Crippen molar-refractivity contribution in [2.45, 2.75) is 64.3 Å².